The molecule has 1 unspecified atom stereocenters. The fraction of sp³-hybridized carbons (Fsp3) is 0.891. The summed E-state index contributed by atoms with van der Waals surface area (Å²) >= 11 is 0. The summed E-state index contributed by atoms with van der Waals surface area (Å²) in [6, 6.07) is 0. The number of ketones is 4. The molecule has 0 radical (unpaired) electrons. The second kappa shape index (κ2) is 38.3. The zero-order valence-corrected chi connectivity index (χ0v) is 97.0. The van der Waals surface area contributed by atoms with E-state index in [1.54, 1.807) is 24.0 Å². The van der Waals surface area contributed by atoms with Crippen LogP contribution < -0.4 is 0 Å². The topological polar surface area (TPSA) is 106 Å². The fourth-order valence-electron chi connectivity index (χ4n) is 48.8. The molecule has 0 aromatic carbocycles. The van der Waals surface area contributed by atoms with E-state index in [2.05, 4.69) is 204 Å². The lowest BCUT2D eigenvalue weighted by atomic mass is 9.42. The third-order valence-corrected chi connectivity index (χ3v) is 57.6. The molecule has 0 bridgehead atoms. The molecule has 143 heavy (non-hydrogen) atoms. The van der Waals surface area contributed by atoms with Gasteiger partial charge in [0, 0.05) is 49.4 Å². The molecule has 0 heterocycles. The van der Waals surface area contributed by atoms with E-state index in [-0.39, 0.29) is 45.5 Å². The molecule has 800 valence electrons. The monoisotopic (exact) mass is 1960 g/mol. The minimum atomic E-state index is -0.161. The molecule has 0 aromatic heterocycles. The molecule has 2 spiro atoms. The van der Waals surface area contributed by atoms with Crippen LogP contribution in [-0.2, 0) is 24.0 Å². The van der Waals surface area contributed by atoms with Crippen LogP contribution in [0.25, 0.3) is 0 Å². The number of fused-ring (bicyclic) bond motifs is 27. The van der Waals surface area contributed by atoms with Crippen molar-refractivity contribution in [2.75, 3.05) is 0 Å². The zero-order valence-electron chi connectivity index (χ0n) is 97.0. The van der Waals surface area contributed by atoms with Gasteiger partial charge in [0.1, 0.15) is 23.6 Å². The Morgan fingerprint density at radius 3 is 1.36 bits per heavy atom. The van der Waals surface area contributed by atoms with Crippen LogP contribution in [0.15, 0.2) is 59.3 Å². The Kier molecular flexibility index (Phi) is 28.6. The number of aldehydes is 1. The molecule has 0 aromatic rings. The van der Waals surface area contributed by atoms with Crippen molar-refractivity contribution < 1.29 is 29.1 Å². The number of Topliss-reactive ketones (excluding diaryl/α,β-unsaturated/α-hetero) is 4. The predicted molar refractivity (Wildman–Crippen MR) is 592 cm³/mol. The Balaban J connectivity index is 0.000000105. The quantitative estimate of drug-likeness (QED) is 0.167. The molecule has 0 saturated heterocycles. The lowest BCUT2D eigenvalue weighted by Gasteiger charge is -2.62. The third-order valence-electron chi connectivity index (χ3n) is 57.6. The number of rotatable bonds is 5. The van der Waals surface area contributed by atoms with Crippen LogP contribution in [0.3, 0.4) is 0 Å². The largest absolute Gasteiger partial charge is 0.389 e. The Hall–Kier alpha value is -2.99. The van der Waals surface area contributed by atoms with E-state index in [0.717, 1.165) is 175 Å². The summed E-state index contributed by atoms with van der Waals surface area (Å²) in [5, 5.41) is 10.6. The minimum Gasteiger partial charge on any atom is -0.389 e. The van der Waals surface area contributed by atoms with Gasteiger partial charge in [-0.2, -0.15) is 0 Å². The highest BCUT2D eigenvalue weighted by Crippen LogP contribution is 2.89. The van der Waals surface area contributed by atoms with Crippen molar-refractivity contribution in [2.24, 2.45) is 265 Å². The maximum Gasteiger partial charge on any atom is 0.159 e. The summed E-state index contributed by atoms with van der Waals surface area (Å²) in [6.45, 7) is 65.1. The molecule has 46 atom stereocenters. The average molecular weight is 1960 g/mol. The fourth-order valence-corrected chi connectivity index (χ4v) is 48.8. The number of allylic oxidation sites excluding steroid dienone is 8. The van der Waals surface area contributed by atoms with E-state index in [4.69, 9.17) is 0 Å². The van der Waals surface area contributed by atoms with Crippen LogP contribution in [-0.4, -0.2) is 40.6 Å². The zero-order chi connectivity index (χ0) is 102. The molecule has 25 rings (SSSR count). The average Bonchev–Trinajstić information content (AvgIpc) is 1.46. The van der Waals surface area contributed by atoms with E-state index in [1.165, 1.54) is 281 Å². The molecule has 24 saturated carbocycles. The highest BCUT2D eigenvalue weighted by atomic mass is 16.3. The smallest absolute Gasteiger partial charge is 0.159 e. The second-order valence-corrected chi connectivity index (χ2v) is 62.8. The molecule has 24 fully saturated rings. The summed E-state index contributed by atoms with van der Waals surface area (Å²) in [5.74, 6) is 26.4. The van der Waals surface area contributed by atoms with Crippen molar-refractivity contribution >= 4 is 29.4 Å². The van der Waals surface area contributed by atoms with Gasteiger partial charge < -0.3 is 9.90 Å². The number of aliphatic hydroxyl groups excluding tert-OH is 1. The molecule has 0 amide bonds. The van der Waals surface area contributed by atoms with Gasteiger partial charge in [0.05, 0.1) is 6.10 Å². The first-order chi connectivity index (χ1) is 67.5. The highest BCUT2D eigenvalue weighted by molar-refractivity contribution is 5.99. The lowest BCUT2D eigenvalue weighted by molar-refractivity contribution is -0.153. The SMILES string of the molecule is C/C=C1/C(=O)C[C@H]2[C@@H]3CC[C@H]4C[C@@H](C)CC[C@]4(C)[C@H]3CC[C@]12C.C/C=C1/CC[C@H]2[C@@H]3CC[C@H]4C[C@@H](C)CC[C@]4(C)[C@H]3CC[C@]12C.C/C=C1/[C@H](O)C[C@H]2[C@@H]3CC[C@H]4C[C@@H](C)CC[C@]4(C)[C@H]3CC[C@]12C.C=CC(C)[C@H]1C(=O)C[C@H]2[C@@H]3CC[C@H]4C[C@@H](C)CC[C@]4(C)[C@H]3CC[C@]12C.C[C@H]1CC[C@@]2(C)C(=CC[C@H]3[C@@H]4CC(=O)[C@H]([C@H](C)CC=O)[C@@]4(C)CC[C@@H]32)C1.C[C@H]1CC[C@]23C[C@]24CC[C@]2(C)C(=O)CC[C@@]2(C)[C@@H]4CC[C@H]3C1(C)C. The minimum absolute atomic E-state index is 0.00297. The number of carbonyl (C=O) groups excluding carboxylic acids is 5. The summed E-state index contributed by atoms with van der Waals surface area (Å²) in [6.07, 6.45) is 78.9. The van der Waals surface area contributed by atoms with Crippen LogP contribution in [0.2, 0.25) is 0 Å². The summed E-state index contributed by atoms with van der Waals surface area (Å²) in [5.41, 5.74) is 12.4. The lowest BCUT2D eigenvalue weighted by Crippen LogP contribution is -2.56. The van der Waals surface area contributed by atoms with Crippen molar-refractivity contribution in [2.45, 2.75) is 500 Å². The highest BCUT2D eigenvalue weighted by Gasteiger charge is 2.83. The van der Waals surface area contributed by atoms with Crippen LogP contribution in [0, 0.1) is 265 Å². The van der Waals surface area contributed by atoms with Gasteiger partial charge in [-0.3, -0.25) is 19.2 Å². The van der Waals surface area contributed by atoms with Crippen molar-refractivity contribution in [3.63, 3.8) is 0 Å². The van der Waals surface area contributed by atoms with Crippen LogP contribution >= 0.6 is 0 Å². The molecular formula is C137H216O6. The number of aliphatic hydroxyl groups is 1. The van der Waals surface area contributed by atoms with Gasteiger partial charge in [-0.05, 0) is 543 Å². The van der Waals surface area contributed by atoms with E-state index >= 15 is 0 Å². The third kappa shape index (κ3) is 16.3. The van der Waals surface area contributed by atoms with Gasteiger partial charge in [0.25, 0.3) is 0 Å². The van der Waals surface area contributed by atoms with E-state index in [9.17, 15) is 29.1 Å². The Morgan fingerprint density at radius 2 is 0.832 bits per heavy atom. The molecule has 25 aliphatic rings. The Bertz CT molecular complexity index is 4890. The predicted octanol–water partition coefficient (Wildman–Crippen LogP) is 35.9. The van der Waals surface area contributed by atoms with Crippen LogP contribution in [0.1, 0.15) is 494 Å². The normalized spacial score (nSPS) is 55.1. The molecule has 0 aliphatic heterocycles. The van der Waals surface area contributed by atoms with Gasteiger partial charge >= 0.3 is 0 Å². The summed E-state index contributed by atoms with van der Waals surface area (Å²) in [4.78, 5) is 62.4. The van der Waals surface area contributed by atoms with Gasteiger partial charge in [-0.15, -0.1) is 6.58 Å². The molecule has 1 N–H and O–H groups in total. The van der Waals surface area contributed by atoms with Crippen molar-refractivity contribution in [1.29, 1.82) is 0 Å². The van der Waals surface area contributed by atoms with Gasteiger partial charge in [-0.1, -0.05) is 220 Å². The van der Waals surface area contributed by atoms with Gasteiger partial charge in [0.2, 0.25) is 0 Å². The summed E-state index contributed by atoms with van der Waals surface area (Å²) < 4.78 is 0. The standard InChI is InChI=1S/C24H36O2.C24H38O.C23H36O.C22H36O.C22H34O.C22H36/c1-15-7-10-23(3)17(13-15)5-6-18-19(23)8-11-24(4)20(18)14-21(26)22(24)16(2)9-12-25;1-6-16(3)22-21(25)14-20-18-8-7-17-13-15(2)9-11-23(17,4)19(18)10-12-24(20,22)5;1-15-8-11-22-14-23(22)13-12-21(5)18(24)9-10-20(21,4)17(23)7-6-16(22)19(15,2)3;2*1-5-17-20(23)13-19-16-7-6-15-12-14(2)8-10-21(15,3)18(16)9-11-22(17,19)4;1-5-16-7-9-19-18-8-6-17-14-15(2)10-12-22(17,4)20(18)11-13-21(16,19)3/h5,12,15-16,18-20,22H,6-11,13-14H2,1-4H3;6,15-20,22H,1,7-14H2,2-5H3;15-17H,6-14H2,1-5H3;5,14-16,18-20,23H,6-13H2,1-4H3;5,14-16,18-19H,6-13H2,1-4H3;5,15,17-20H,6-14H2,1-4H3/b;;;2*17-5-;16-5-/t15-,16+,18+,19-,20-,22-,23-,24-;15-,16?,17-,18+,19-,20-,22-,23-,24-;15-,16-,17-,20-,21+,22+,23-;14-,15-,16+,18-,19-,20+,21-,22+;14-,15-,16+,18-,19-,21-,22+;15-,17-,18-,19-,20-,21+,22-/m000000/s1. The first kappa shape index (κ1) is 107. The number of hydrogen-bond donors (Lipinski definition) is 1. The van der Waals surface area contributed by atoms with Crippen molar-refractivity contribution in [1.82, 2.24) is 0 Å². The van der Waals surface area contributed by atoms with E-state index in [0.29, 0.717) is 119 Å². The van der Waals surface area contributed by atoms with Crippen molar-refractivity contribution in [3.05, 3.63) is 59.3 Å². The number of hydrogen-bond acceptors (Lipinski definition) is 6. The first-order valence-corrected chi connectivity index (χ1v) is 63.1. The first-order valence-electron chi connectivity index (χ1n) is 63.1. The van der Waals surface area contributed by atoms with Crippen LogP contribution in [0.5, 0.6) is 0 Å². The van der Waals surface area contributed by atoms with Gasteiger partial charge in [0.15, 0.2) is 5.78 Å². The number of carbonyl (C=O) groups is 5. The summed E-state index contributed by atoms with van der Waals surface area (Å²) in [7, 11) is 0. The van der Waals surface area contributed by atoms with Crippen molar-refractivity contribution in [3.8, 4) is 0 Å². The maximum atomic E-state index is 13.0. The molecule has 6 heteroatoms. The Morgan fingerprint density at radius 1 is 0.385 bits per heavy atom. The second-order valence-electron chi connectivity index (χ2n) is 62.8. The maximum absolute atomic E-state index is 13.0. The molecule has 6 nitrogen and oxygen atoms in total. The van der Waals surface area contributed by atoms with E-state index < -0.39 is 0 Å². The van der Waals surface area contributed by atoms with E-state index in [1.807, 2.05) is 6.08 Å². The molecular weight excluding hydrogens is 1740 g/mol. The van der Waals surface area contributed by atoms with Crippen LogP contribution in [0.4, 0.5) is 0 Å². The van der Waals surface area contributed by atoms with Gasteiger partial charge in [-0.25, -0.2) is 0 Å². The Labute approximate surface area is 876 Å². The molecule has 25 aliphatic carbocycles.